The largest absolute Gasteiger partial charge is 0.381 e. The van der Waals surface area contributed by atoms with E-state index in [-0.39, 0.29) is 11.6 Å². The van der Waals surface area contributed by atoms with E-state index >= 15 is 0 Å². The van der Waals surface area contributed by atoms with Gasteiger partial charge in [-0.3, -0.25) is 4.79 Å². The van der Waals surface area contributed by atoms with E-state index in [1.54, 1.807) is 13.1 Å². The van der Waals surface area contributed by atoms with Crippen LogP contribution in [0.5, 0.6) is 0 Å². The second-order valence-electron chi connectivity index (χ2n) is 4.47. The van der Waals surface area contributed by atoms with Gasteiger partial charge in [-0.1, -0.05) is 17.7 Å². The first kappa shape index (κ1) is 13.9. The van der Waals surface area contributed by atoms with E-state index in [0.717, 1.165) is 0 Å². The molecule has 0 aliphatic heterocycles. The fourth-order valence-corrected chi connectivity index (χ4v) is 1.65. The fourth-order valence-electron chi connectivity index (χ4n) is 1.45. The summed E-state index contributed by atoms with van der Waals surface area (Å²) in [6.45, 7) is 3.11. The Morgan fingerprint density at radius 3 is 2.59 bits per heavy atom. The molecule has 0 radical (unpaired) electrons. The molecule has 0 aromatic heterocycles. The zero-order valence-corrected chi connectivity index (χ0v) is 10.8. The molecule has 0 spiro atoms. The molecule has 0 unspecified atom stereocenters. The van der Waals surface area contributed by atoms with Crippen molar-refractivity contribution in [3.05, 3.63) is 34.6 Å². The lowest BCUT2D eigenvalue weighted by Crippen LogP contribution is -2.42. The number of hydrogen-bond acceptors (Lipinski definition) is 2. The molecule has 5 heteroatoms. The number of hydrogen-bond donors (Lipinski definition) is 1. The summed E-state index contributed by atoms with van der Waals surface area (Å²) in [5.74, 6) is -0.898. The monoisotopic (exact) mass is 259 g/mol. The average molecular weight is 260 g/mol. The first-order valence-electron chi connectivity index (χ1n) is 5.13. The van der Waals surface area contributed by atoms with Gasteiger partial charge in [0.05, 0.1) is 5.02 Å². The van der Waals surface area contributed by atoms with Gasteiger partial charge in [-0.05, 0) is 31.5 Å². The average Bonchev–Trinajstić information content (AvgIpc) is 2.21. The lowest BCUT2D eigenvalue weighted by Gasteiger charge is -2.25. The van der Waals surface area contributed by atoms with Gasteiger partial charge in [-0.2, -0.15) is 0 Å². The van der Waals surface area contributed by atoms with E-state index in [0.29, 0.717) is 5.56 Å². The Morgan fingerprint density at radius 2 is 2.12 bits per heavy atom. The Morgan fingerprint density at radius 1 is 1.53 bits per heavy atom. The summed E-state index contributed by atoms with van der Waals surface area (Å²) >= 11 is 5.64. The topological polar surface area (TPSA) is 40.5 Å². The maximum Gasteiger partial charge on any atom is 0.253 e. The minimum atomic E-state index is -1.42. The van der Waals surface area contributed by atoms with Crippen molar-refractivity contribution in [3.63, 3.8) is 0 Å². The van der Waals surface area contributed by atoms with Gasteiger partial charge in [0.1, 0.15) is 11.4 Å². The highest BCUT2D eigenvalue weighted by Crippen LogP contribution is 2.17. The van der Waals surface area contributed by atoms with Gasteiger partial charge in [0.15, 0.2) is 0 Å². The summed E-state index contributed by atoms with van der Waals surface area (Å²) in [5, 5.41) is 9.58. The van der Waals surface area contributed by atoms with E-state index in [4.69, 9.17) is 11.6 Å². The van der Waals surface area contributed by atoms with Crippen molar-refractivity contribution in [1.82, 2.24) is 4.90 Å². The lowest BCUT2D eigenvalue weighted by molar-refractivity contribution is -0.146. The van der Waals surface area contributed by atoms with E-state index in [9.17, 15) is 14.3 Å². The Labute approximate surface area is 105 Å². The number of benzene rings is 1. The number of carbonyl (C=O) groups is 1. The molecule has 1 N–H and O–H groups in total. The van der Waals surface area contributed by atoms with E-state index in [1.165, 1.54) is 30.9 Å². The van der Waals surface area contributed by atoms with Crippen LogP contribution in [0, 0.1) is 5.82 Å². The van der Waals surface area contributed by atoms with Crippen LogP contribution in [-0.2, 0) is 11.3 Å². The van der Waals surface area contributed by atoms with Gasteiger partial charge >= 0.3 is 0 Å². The fraction of sp³-hybridized carbons (Fsp3) is 0.417. The predicted molar refractivity (Wildman–Crippen MR) is 64.2 cm³/mol. The molecule has 1 aromatic rings. The smallest absolute Gasteiger partial charge is 0.253 e. The first-order chi connectivity index (χ1) is 7.71. The standard InChI is InChI=1S/C12H15ClFNO2/c1-12(2,17)11(16)15(3)7-8-4-5-10(14)9(13)6-8/h4-6,17H,7H2,1-3H3. The van der Waals surface area contributed by atoms with Crippen molar-refractivity contribution >= 4 is 17.5 Å². The zero-order valence-electron chi connectivity index (χ0n) is 10.00. The number of nitrogens with zero attached hydrogens (tertiary/aromatic N) is 1. The zero-order chi connectivity index (χ0) is 13.2. The van der Waals surface area contributed by atoms with Gasteiger partial charge < -0.3 is 10.0 Å². The summed E-state index contributed by atoms with van der Waals surface area (Å²) in [4.78, 5) is 13.1. The third kappa shape index (κ3) is 3.68. The second kappa shape index (κ2) is 5.02. The normalized spacial score (nSPS) is 11.4. The highest BCUT2D eigenvalue weighted by molar-refractivity contribution is 6.30. The second-order valence-corrected chi connectivity index (χ2v) is 4.88. The maximum absolute atomic E-state index is 12.9. The van der Waals surface area contributed by atoms with Crippen LogP contribution in [0.3, 0.4) is 0 Å². The first-order valence-corrected chi connectivity index (χ1v) is 5.51. The van der Waals surface area contributed by atoms with E-state index in [2.05, 4.69) is 0 Å². The van der Waals surface area contributed by atoms with Crippen molar-refractivity contribution < 1.29 is 14.3 Å². The van der Waals surface area contributed by atoms with E-state index in [1.807, 2.05) is 0 Å². The molecule has 0 heterocycles. The van der Waals surface area contributed by atoms with Crippen LogP contribution in [0.4, 0.5) is 4.39 Å². The molecule has 3 nitrogen and oxygen atoms in total. The number of amides is 1. The molecule has 0 saturated heterocycles. The molecule has 1 amide bonds. The van der Waals surface area contributed by atoms with Crippen molar-refractivity contribution in [2.24, 2.45) is 0 Å². The summed E-state index contributed by atoms with van der Waals surface area (Å²) in [6, 6.07) is 4.26. The molecule has 0 saturated carbocycles. The summed E-state index contributed by atoms with van der Waals surface area (Å²) in [5.41, 5.74) is -0.713. The highest BCUT2D eigenvalue weighted by atomic mass is 35.5. The van der Waals surface area contributed by atoms with Gasteiger partial charge in [0, 0.05) is 13.6 Å². The molecule has 0 atom stereocenters. The molecule has 94 valence electrons. The van der Waals surface area contributed by atoms with Crippen LogP contribution in [0.25, 0.3) is 0 Å². The van der Waals surface area contributed by atoms with Crippen LogP contribution >= 0.6 is 11.6 Å². The van der Waals surface area contributed by atoms with E-state index < -0.39 is 17.3 Å². The summed E-state index contributed by atoms with van der Waals surface area (Å²) < 4.78 is 12.9. The number of aliphatic hydroxyl groups is 1. The van der Waals surface area contributed by atoms with Crippen LogP contribution in [0.1, 0.15) is 19.4 Å². The SMILES string of the molecule is CN(Cc1ccc(F)c(Cl)c1)C(=O)C(C)(C)O. The van der Waals surface area contributed by atoms with Gasteiger partial charge in [0.2, 0.25) is 0 Å². The van der Waals surface area contributed by atoms with Crippen molar-refractivity contribution in [2.75, 3.05) is 7.05 Å². The van der Waals surface area contributed by atoms with Crippen LogP contribution < -0.4 is 0 Å². The van der Waals surface area contributed by atoms with Crippen molar-refractivity contribution in [2.45, 2.75) is 26.0 Å². The molecule has 0 bridgehead atoms. The Balaban J connectivity index is 2.78. The molecule has 1 aromatic carbocycles. The molecule has 0 aliphatic rings. The Bertz CT molecular complexity index is 429. The van der Waals surface area contributed by atoms with Gasteiger partial charge in [0.25, 0.3) is 5.91 Å². The van der Waals surface area contributed by atoms with Crippen LogP contribution in [0.2, 0.25) is 5.02 Å². The molecule has 17 heavy (non-hydrogen) atoms. The predicted octanol–water partition coefficient (Wildman–Crippen LogP) is 2.21. The van der Waals surface area contributed by atoms with Gasteiger partial charge in [-0.15, -0.1) is 0 Å². The number of carbonyl (C=O) groups excluding carboxylic acids is 1. The molecule has 0 fully saturated rings. The molecule has 1 rings (SSSR count). The quantitative estimate of drug-likeness (QED) is 0.904. The van der Waals surface area contributed by atoms with Crippen LogP contribution in [0.15, 0.2) is 18.2 Å². The number of halogens is 2. The minimum absolute atomic E-state index is 0.0200. The summed E-state index contributed by atoms with van der Waals surface area (Å²) in [7, 11) is 1.57. The third-order valence-electron chi connectivity index (χ3n) is 2.27. The van der Waals surface area contributed by atoms with Crippen molar-refractivity contribution in [1.29, 1.82) is 0 Å². The van der Waals surface area contributed by atoms with Crippen LogP contribution in [-0.4, -0.2) is 28.6 Å². The molecular formula is C12H15ClFNO2. The molecular weight excluding hydrogens is 245 g/mol. The third-order valence-corrected chi connectivity index (χ3v) is 2.56. The van der Waals surface area contributed by atoms with Gasteiger partial charge in [-0.25, -0.2) is 4.39 Å². The maximum atomic E-state index is 12.9. The lowest BCUT2D eigenvalue weighted by atomic mass is 10.1. The minimum Gasteiger partial charge on any atom is -0.381 e. The Hall–Kier alpha value is -1.13. The molecule has 0 aliphatic carbocycles. The number of rotatable bonds is 3. The van der Waals surface area contributed by atoms with Crippen molar-refractivity contribution in [3.8, 4) is 0 Å². The highest BCUT2D eigenvalue weighted by Gasteiger charge is 2.27. The Kier molecular flexibility index (Phi) is 4.11. The summed E-state index contributed by atoms with van der Waals surface area (Å²) in [6.07, 6.45) is 0. The number of likely N-dealkylation sites (N-methyl/N-ethyl adjacent to an activating group) is 1.